The first-order chi connectivity index (χ1) is 14.3. The summed E-state index contributed by atoms with van der Waals surface area (Å²) < 4.78 is 5.50. The highest BCUT2D eigenvalue weighted by atomic mass is 16.3. The van der Waals surface area contributed by atoms with Crippen LogP contribution in [-0.4, -0.2) is 65.6 Å². The first-order valence-corrected chi connectivity index (χ1v) is 10.2. The first kappa shape index (κ1) is 20.2. The molecular weight excluding hydrogens is 382 g/mol. The molecule has 0 bridgehead atoms. The number of furan rings is 1. The summed E-state index contributed by atoms with van der Waals surface area (Å²) >= 11 is 0. The fourth-order valence-corrected chi connectivity index (χ4v) is 4.82. The van der Waals surface area contributed by atoms with Gasteiger partial charge in [0.1, 0.15) is 18.1 Å². The third kappa shape index (κ3) is 3.38. The molecule has 0 radical (unpaired) electrons. The standard InChI is InChI=1S/C23H27N3O4/c1-14-10-18(15(2)30-14)23(29)25-12-17-11-19(22(28)24(3)4)21(26(17)20(27)13-25)16-8-6-5-7-9-16/h5-10,17,19,21H,11-13H2,1-4H3/t17-,19-,21-/m1/s1. The lowest BCUT2D eigenvalue weighted by molar-refractivity contribution is -0.140. The normalized spacial score (nSPS) is 23.5. The maximum absolute atomic E-state index is 13.2. The fraction of sp³-hybridized carbons (Fsp3) is 0.435. The van der Waals surface area contributed by atoms with Gasteiger partial charge >= 0.3 is 0 Å². The van der Waals surface area contributed by atoms with E-state index in [0.717, 1.165) is 5.56 Å². The van der Waals surface area contributed by atoms with Crippen LogP contribution >= 0.6 is 0 Å². The number of benzene rings is 1. The van der Waals surface area contributed by atoms with Crippen molar-refractivity contribution < 1.29 is 18.8 Å². The van der Waals surface area contributed by atoms with E-state index in [2.05, 4.69) is 0 Å². The van der Waals surface area contributed by atoms with Crippen molar-refractivity contribution in [3.63, 3.8) is 0 Å². The van der Waals surface area contributed by atoms with Gasteiger partial charge in [-0.2, -0.15) is 0 Å². The molecule has 0 saturated carbocycles. The molecule has 2 aliphatic heterocycles. The van der Waals surface area contributed by atoms with Gasteiger partial charge in [-0.15, -0.1) is 0 Å². The third-order valence-corrected chi connectivity index (χ3v) is 6.10. The van der Waals surface area contributed by atoms with Crippen molar-refractivity contribution in [2.45, 2.75) is 32.4 Å². The molecule has 158 valence electrons. The Kier molecular flexibility index (Phi) is 5.13. The summed E-state index contributed by atoms with van der Waals surface area (Å²) in [7, 11) is 3.48. The van der Waals surface area contributed by atoms with Crippen molar-refractivity contribution >= 4 is 17.7 Å². The van der Waals surface area contributed by atoms with E-state index in [4.69, 9.17) is 4.42 Å². The van der Waals surface area contributed by atoms with E-state index in [-0.39, 0.29) is 42.3 Å². The van der Waals surface area contributed by atoms with E-state index in [1.54, 1.807) is 43.8 Å². The molecule has 0 spiro atoms. The highest BCUT2D eigenvalue weighted by Crippen LogP contribution is 2.43. The number of hydrogen-bond donors (Lipinski definition) is 0. The molecule has 0 aliphatic carbocycles. The van der Waals surface area contributed by atoms with Gasteiger partial charge in [-0.05, 0) is 31.9 Å². The minimum absolute atomic E-state index is 0.00485. The minimum atomic E-state index is -0.329. The summed E-state index contributed by atoms with van der Waals surface area (Å²) in [5.74, 6) is 0.579. The average molecular weight is 409 g/mol. The molecule has 2 fully saturated rings. The molecule has 4 rings (SSSR count). The lowest BCUT2D eigenvalue weighted by Crippen LogP contribution is -2.56. The molecule has 2 aliphatic rings. The Labute approximate surface area is 176 Å². The zero-order valence-corrected chi connectivity index (χ0v) is 17.8. The zero-order chi connectivity index (χ0) is 21.6. The number of amides is 3. The number of rotatable bonds is 3. The molecule has 0 unspecified atom stereocenters. The van der Waals surface area contributed by atoms with Crippen LogP contribution in [0.1, 0.15) is 39.9 Å². The number of piperazine rings is 1. The van der Waals surface area contributed by atoms with Gasteiger partial charge in [0.25, 0.3) is 5.91 Å². The second-order valence-electron chi connectivity index (χ2n) is 8.40. The molecule has 1 aromatic carbocycles. The van der Waals surface area contributed by atoms with E-state index in [1.807, 2.05) is 35.2 Å². The van der Waals surface area contributed by atoms with Crippen molar-refractivity contribution in [3.8, 4) is 0 Å². The summed E-state index contributed by atoms with van der Waals surface area (Å²) in [5, 5.41) is 0. The number of hydrogen-bond acceptors (Lipinski definition) is 4. The minimum Gasteiger partial charge on any atom is -0.466 e. The molecule has 2 saturated heterocycles. The van der Waals surface area contributed by atoms with Gasteiger partial charge in [0.2, 0.25) is 11.8 Å². The van der Waals surface area contributed by atoms with Gasteiger partial charge in [0.15, 0.2) is 0 Å². The van der Waals surface area contributed by atoms with Gasteiger partial charge in [-0.25, -0.2) is 0 Å². The molecule has 3 atom stereocenters. The first-order valence-electron chi connectivity index (χ1n) is 10.2. The SMILES string of the molecule is Cc1cc(C(=O)N2CC(=O)N3[C@H](C[C@@H](C(=O)N(C)C)[C@H]3c3ccccc3)C2)c(C)o1. The number of nitrogens with zero attached hydrogens (tertiary/aromatic N) is 3. The fourth-order valence-electron chi connectivity index (χ4n) is 4.82. The second kappa shape index (κ2) is 7.63. The Bertz CT molecular complexity index is 982. The topological polar surface area (TPSA) is 74.1 Å². The lowest BCUT2D eigenvalue weighted by Gasteiger charge is -2.40. The van der Waals surface area contributed by atoms with Crippen molar-refractivity contribution in [2.75, 3.05) is 27.2 Å². The third-order valence-electron chi connectivity index (χ3n) is 6.10. The maximum Gasteiger partial charge on any atom is 0.257 e. The van der Waals surface area contributed by atoms with E-state index < -0.39 is 0 Å². The molecule has 7 nitrogen and oxygen atoms in total. The maximum atomic E-state index is 13.2. The van der Waals surface area contributed by atoms with Gasteiger partial charge in [-0.3, -0.25) is 14.4 Å². The number of carbonyl (C=O) groups is 3. The van der Waals surface area contributed by atoms with Crippen LogP contribution in [0.25, 0.3) is 0 Å². The van der Waals surface area contributed by atoms with Crippen molar-refractivity contribution in [1.29, 1.82) is 0 Å². The average Bonchev–Trinajstić information content (AvgIpc) is 3.27. The summed E-state index contributed by atoms with van der Waals surface area (Å²) in [6.07, 6.45) is 0.537. The number of fused-ring (bicyclic) bond motifs is 1. The van der Waals surface area contributed by atoms with Crippen LogP contribution in [0.4, 0.5) is 0 Å². The molecule has 2 aromatic rings. The Morgan fingerprint density at radius 3 is 2.43 bits per heavy atom. The molecular formula is C23H27N3O4. The van der Waals surface area contributed by atoms with E-state index in [9.17, 15) is 14.4 Å². The highest BCUT2D eigenvalue weighted by Gasteiger charge is 2.51. The van der Waals surface area contributed by atoms with Crippen molar-refractivity contribution in [2.24, 2.45) is 5.92 Å². The molecule has 1 aromatic heterocycles. The number of aryl methyl sites for hydroxylation is 2. The Morgan fingerprint density at radius 2 is 1.83 bits per heavy atom. The summed E-state index contributed by atoms with van der Waals surface area (Å²) in [4.78, 5) is 44.2. The van der Waals surface area contributed by atoms with E-state index >= 15 is 0 Å². The predicted octanol–water partition coefficient (Wildman–Crippen LogP) is 2.40. The lowest BCUT2D eigenvalue weighted by atomic mass is 9.92. The molecule has 3 amide bonds. The van der Waals surface area contributed by atoms with E-state index in [0.29, 0.717) is 30.0 Å². The van der Waals surface area contributed by atoms with Crippen LogP contribution in [0.15, 0.2) is 40.8 Å². The quantitative estimate of drug-likeness (QED) is 0.780. The van der Waals surface area contributed by atoms with Crippen molar-refractivity contribution in [3.05, 3.63) is 59.0 Å². The summed E-state index contributed by atoms with van der Waals surface area (Å²) in [5.41, 5.74) is 1.45. The Balaban J connectivity index is 1.64. The smallest absolute Gasteiger partial charge is 0.257 e. The molecule has 3 heterocycles. The zero-order valence-electron chi connectivity index (χ0n) is 17.8. The molecule has 30 heavy (non-hydrogen) atoms. The molecule has 0 N–H and O–H groups in total. The summed E-state index contributed by atoms with van der Waals surface area (Å²) in [6.45, 7) is 3.97. The van der Waals surface area contributed by atoms with Gasteiger partial charge in [-0.1, -0.05) is 30.3 Å². The second-order valence-corrected chi connectivity index (χ2v) is 8.40. The van der Waals surface area contributed by atoms with Gasteiger partial charge < -0.3 is 19.1 Å². The van der Waals surface area contributed by atoms with Crippen LogP contribution < -0.4 is 0 Å². The van der Waals surface area contributed by atoms with Crippen LogP contribution in [0.3, 0.4) is 0 Å². The number of carbonyl (C=O) groups excluding carboxylic acids is 3. The Morgan fingerprint density at radius 1 is 1.13 bits per heavy atom. The van der Waals surface area contributed by atoms with Crippen LogP contribution in [0, 0.1) is 19.8 Å². The monoisotopic (exact) mass is 409 g/mol. The van der Waals surface area contributed by atoms with Gasteiger partial charge in [0, 0.05) is 20.6 Å². The van der Waals surface area contributed by atoms with Crippen LogP contribution in [-0.2, 0) is 9.59 Å². The summed E-state index contributed by atoms with van der Waals surface area (Å²) in [6, 6.07) is 10.9. The molecule has 7 heteroatoms. The Hall–Kier alpha value is -3.09. The largest absolute Gasteiger partial charge is 0.466 e. The highest BCUT2D eigenvalue weighted by molar-refractivity contribution is 5.98. The van der Waals surface area contributed by atoms with Crippen molar-refractivity contribution in [1.82, 2.24) is 14.7 Å². The predicted molar refractivity (Wildman–Crippen MR) is 111 cm³/mol. The van der Waals surface area contributed by atoms with Crippen LogP contribution in [0.5, 0.6) is 0 Å². The van der Waals surface area contributed by atoms with Crippen LogP contribution in [0.2, 0.25) is 0 Å². The van der Waals surface area contributed by atoms with Gasteiger partial charge in [0.05, 0.1) is 23.6 Å². The van der Waals surface area contributed by atoms with E-state index in [1.165, 1.54) is 0 Å².